The van der Waals surface area contributed by atoms with Gasteiger partial charge in [-0.05, 0) is 54.7 Å². The van der Waals surface area contributed by atoms with Gasteiger partial charge in [-0.1, -0.05) is 51.5 Å². The van der Waals surface area contributed by atoms with E-state index >= 15 is 0 Å². The first-order valence-electron chi connectivity index (χ1n) is 12.3. The normalized spacial score (nSPS) is 12.2. The number of nitrogens with zero attached hydrogens (tertiary/aromatic N) is 2. The summed E-state index contributed by atoms with van der Waals surface area (Å²) < 4.78 is 31.8. The van der Waals surface area contributed by atoms with E-state index in [0.717, 1.165) is 34.5 Å². The maximum atomic E-state index is 13.6. The summed E-state index contributed by atoms with van der Waals surface area (Å²) in [4.78, 5) is 27.9. The highest BCUT2D eigenvalue weighted by atomic mass is 32.2. The van der Waals surface area contributed by atoms with Crippen molar-refractivity contribution in [1.82, 2.24) is 10.2 Å². The molecule has 2 amide bonds. The number of ether oxygens (including phenoxy) is 1. The van der Waals surface area contributed by atoms with Crippen molar-refractivity contribution in [2.75, 3.05) is 30.8 Å². The molecule has 9 heteroatoms. The molecule has 8 nitrogen and oxygen atoms in total. The highest BCUT2D eigenvalue weighted by molar-refractivity contribution is 7.92. The Morgan fingerprint density at radius 1 is 1.06 bits per heavy atom. The quantitative estimate of drug-likeness (QED) is 0.406. The number of carbonyl (C=O) groups is 2. The van der Waals surface area contributed by atoms with Crippen LogP contribution in [0.2, 0.25) is 0 Å². The van der Waals surface area contributed by atoms with Crippen molar-refractivity contribution in [2.45, 2.75) is 59.0 Å². The number of rotatable bonds is 13. The minimum atomic E-state index is -3.76. The summed E-state index contributed by atoms with van der Waals surface area (Å²) in [6, 6.07) is 13.6. The molecule has 0 saturated heterocycles. The Bertz CT molecular complexity index is 1120. The molecule has 0 aliphatic carbocycles. The summed E-state index contributed by atoms with van der Waals surface area (Å²) >= 11 is 0. The number of methoxy groups -OCH3 is 1. The fraction of sp³-hybridized carbons (Fsp3) is 0.481. The zero-order valence-corrected chi connectivity index (χ0v) is 23.0. The monoisotopic (exact) mass is 517 g/mol. The molecule has 0 aromatic heterocycles. The number of nitrogens with one attached hydrogen (secondary N) is 1. The van der Waals surface area contributed by atoms with Crippen molar-refractivity contribution < 1.29 is 22.7 Å². The lowest BCUT2D eigenvalue weighted by Crippen LogP contribution is -2.51. The van der Waals surface area contributed by atoms with E-state index in [9.17, 15) is 18.0 Å². The van der Waals surface area contributed by atoms with Crippen LogP contribution < -0.4 is 14.4 Å². The number of sulfonamides is 1. The van der Waals surface area contributed by atoms with Gasteiger partial charge in [0.1, 0.15) is 18.3 Å². The molecular formula is C27H39N3O5S. The van der Waals surface area contributed by atoms with Crippen LogP contribution in [0.15, 0.2) is 48.5 Å². The zero-order chi connectivity index (χ0) is 26.9. The summed E-state index contributed by atoms with van der Waals surface area (Å²) in [6.07, 6.45) is 2.83. The number of unbranched alkanes of at least 4 members (excludes halogenated alkanes) is 1. The first-order valence-corrected chi connectivity index (χ1v) is 14.1. The molecule has 2 rings (SSSR count). The van der Waals surface area contributed by atoms with E-state index in [0.29, 0.717) is 18.0 Å². The van der Waals surface area contributed by atoms with Crippen LogP contribution in [0.5, 0.6) is 5.75 Å². The van der Waals surface area contributed by atoms with Crippen LogP contribution in [-0.2, 0) is 26.2 Å². The molecule has 0 aliphatic heterocycles. The van der Waals surface area contributed by atoms with Crippen LogP contribution in [0.25, 0.3) is 0 Å². The summed E-state index contributed by atoms with van der Waals surface area (Å²) in [6.45, 7) is 8.01. The van der Waals surface area contributed by atoms with Crippen LogP contribution >= 0.6 is 0 Å². The van der Waals surface area contributed by atoms with E-state index in [1.165, 1.54) is 4.90 Å². The third kappa shape index (κ3) is 8.26. The number of benzene rings is 2. The Balaban J connectivity index is 2.36. The summed E-state index contributed by atoms with van der Waals surface area (Å²) in [5.41, 5.74) is 2.23. The smallest absolute Gasteiger partial charge is 0.244 e. The lowest BCUT2D eigenvalue weighted by Gasteiger charge is -2.31. The Kier molecular flexibility index (Phi) is 10.8. The van der Waals surface area contributed by atoms with Gasteiger partial charge in [-0.3, -0.25) is 13.9 Å². The molecule has 0 heterocycles. The molecule has 0 spiro atoms. The Labute approximate surface area is 215 Å². The van der Waals surface area contributed by atoms with Crippen molar-refractivity contribution in [2.24, 2.45) is 0 Å². The second kappa shape index (κ2) is 13.3. The molecule has 0 fully saturated rings. The first-order chi connectivity index (χ1) is 17.0. The van der Waals surface area contributed by atoms with Gasteiger partial charge in [0.2, 0.25) is 21.8 Å². The molecule has 2 aromatic rings. The van der Waals surface area contributed by atoms with Crippen LogP contribution in [0, 0.1) is 0 Å². The van der Waals surface area contributed by atoms with Crippen molar-refractivity contribution in [3.63, 3.8) is 0 Å². The molecular weight excluding hydrogens is 478 g/mol. The van der Waals surface area contributed by atoms with Crippen LogP contribution in [0.1, 0.15) is 57.6 Å². The molecule has 0 unspecified atom stereocenters. The second-order valence-corrected chi connectivity index (χ2v) is 11.1. The van der Waals surface area contributed by atoms with Crippen molar-refractivity contribution in [3.8, 4) is 5.75 Å². The maximum absolute atomic E-state index is 13.6. The van der Waals surface area contributed by atoms with E-state index in [2.05, 4.69) is 19.2 Å². The maximum Gasteiger partial charge on any atom is 0.244 e. The highest BCUT2D eigenvalue weighted by Crippen LogP contribution is 2.23. The van der Waals surface area contributed by atoms with E-state index in [1.54, 1.807) is 38.3 Å². The average molecular weight is 518 g/mol. The highest BCUT2D eigenvalue weighted by Gasteiger charge is 2.30. The SMILES string of the molecule is CCCCNC(=O)[C@@H](C)N(Cc1cccc(OC)c1)C(=O)CN(c1ccc(C(C)C)cc1)S(C)(=O)=O. The zero-order valence-electron chi connectivity index (χ0n) is 22.2. The predicted molar refractivity (Wildman–Crippen MR) is 144 cm³/mol. The Hall–Kier alpha value is -3.07. The molecule has 0 saturated carbocycles. The molecule has 36 heavy (non-hydrogen) atoms. The standard InChI is InChI=1S/C27H39N3O5S/c1-7-8-16-28-27(32)21(4)29(18-22-10-9-11-25(17-22)35-5)26(31)19-30(36(6,33)34)24-14-12-23(13-15-24)20(2)3/h9-15,17,20-21H,7-8,16,18-19H2,1-6H3,(H,28,32)/t21-/m1/s1. The fourth-order valence-corrected chi connectivity index (χ4v) is 4.58. The third-order valence-corrected chi connectivity index (χ3v) is 7.15. The van der Waals surface area contributed by atoms with Gasteiger partial charge >= 0.3 is 0 Å². The summed E-state index contributed by atoms with van der Waals surface area (Å²) in [5, 5.41) is 2.87. The number of hydrogen-bond donors (Lipinski definition) is 1. The summed E-state index contributed by atoms with van der Waals surface area (Å²) in [7, 11) is -2.21. The second-order valence-electron chi connectivity index (χ2n) is 9.21. The van der Waals surface area contributed by atoms with Gasteiger partial charge in [-0.2, -0.15) is 0 Å². The van der Waals surface area contributed by atoms with Gasteiger partial charge in [0.15, 0.2) is 0 Å². The van der Waals surface area contributed by atoms with E-state index in [-0.39, 0.29) is 18.4 Å². The van der Waals surface area contributed by atoms with Gasteiger partial charge < -0.3 is 15.0 Å². The summed E-state index contributed by atoms with van der Waals surface area (Å²) in [5.74, 6) is 0.155. The Morgan fingerprint density at radius 3 is 2.28 bits per heavy atom. The molecule has 1 N–H and O–H groups in total. The van der Waals surface area contributed by atoms with Crippen LogP contribution in [0.4, 0.5) is 5.69 Å². The molecule has 0 radical (unpaired) electrons. The minimum Gasteiger partial charge on any atom is -0.497 e. The molecule has 0 bridgehead atoms. The molecule has 2 aromatic carbocycles. The van der Waals surface area contributed by atoms with Crippen molar-refractivity contribution >= 4 is 27.5 Å². The molecule has 0 aliphatic rings. The average Bonchev–Trinajstić information content (AvgIpc) is 2.84. The van der Waals surface area contributed by atoms with Gasteiger partial charge in [0.05, 0.1) is 19.1 Å². The van der Waals surface area contributed by atoms with E-state index in [1.807, 2.05) is 31.2 Å². The lowest BCUT2D eigenvalue weighted by atomic mass is 10.0. The topological polar surface area (TPSA) is 96.0 Å². The molecule has 1 atom stereocenters. The minimum absolute atomic E-state index is 0.127. The van der Waals surface area contributed by atoms with E-state index in [4.69, 9.17) is 4.74 Å². The number of anilines is 1. The molecule has 198 valence electrons. The Morgan fingerprint density at radius 2 is 1.72 bits per heavy atom. The fourth-order valence-electron chi connectivity index (χ4n) is 3.73. The lowest BCUT2D eigenvalue weighted by molar-refractivity contribution is -0.139. The van der Waals surface area contributed by atoms with E-state index < -0.39 is 28.5 Å². The van der Waals surface area contributed by atoms with Crippen molar-refractivity contribution in [1.29, 1.82) is 0 Å². The largest absolute Gasteiger partial charge is 0.497 e. The van der Waals surface area contributed by atoms with Gasteiger partial charge in [-0.25, -0.2) is 8.42 Å². The van der Waals surface area contributed by atoms with Gasteiger partial charge in [0, 0.05) is 13.1 Å². The number of amides is 2. The van der Waals surface area contributed by atoms with Crippen molar-refractivity contribution in [3.05, 3.63) is 59.7 Å². The van der Waals surface area contributed by atoms with Gasteiger partial charge in [-0.15, -0.1) is 0 Å². The van der Waals surface area contributed by atoms with Crippen LogP contribution in [-0.4, -0.2) is 57.6 Å². The third-order valence-electron chi connectivity index (χ3n) is 6.01. The van der Waals surface area contributed by atoms with Crippen LogP contribution in [0.3, 0.4) is 0 Å². The number of carbonyl (C=O) groups excluding carboxylic acids is 2. The number of hydrogen-bond acceptors (Lipinski definition) is 5. The van der Waals surface area contributed by atoms with Gasteiger partial charge in [0.25, 0.3) is 0 Å². The first kappa shape index (κ1) is 29.2. The predicted octanol–water partition coefficient (Wildman–Crippen LogP) is 3.92.